The van der Waals surface area contributed by atoms with Gasteiger partial charge in [0.05, 0.1) is 4.92 Å². The lowest BCUT2D eigenvalue weighted by atomic mass is 9.89. The second kappa shape index (κ2) is 6.53. The molecule has 1 rings (SSSR count). The van der Waals surface area contributed by atoms with Gasteiger partial charge in [0.15, 0.2) is 0 Å². The average Bonchev–Trinajstić information content (AvgIpc) is 2.36. The first-order chi connectivity index (χ1) is 8.89. The van der Waals surface area contributed by atoms with Crippen molar-refractivity contribution >= 4 is 23.4 Å². The Morgan fingerprint density at radius 1 is 1.47 bits per heavy atom. The molecule has 0 saturated heterocycles. The van der Waals surface area contributed by atoms with E-state index < -0.39 is 16.4 Å². The molecule has 1 aromatic carbocycles. The molecule has 1 unspecified atom stereocenters. The first-order valence-corrected chi connectivity index (χ1v) is 7.03. The lowest BCUT2D eigenvalue weighted by Crippen LogP contribution is -2.50. The molecule has 1 aromatic rings. The third-order valence-electron chi connectivity index (χ3n) is 2.84. The second-order valence-corrected chi connectivity index (χ2v) is 5.29. The summed E-state index contributed by atoms with van der Waals surface area (Å²) in [5.74, 6) is -0.407. The first-order valence-electron chi connectivity index (χ1n) is 5.63. The van der Waals surface area contributed by atoms with Gasteiger partial charge in [0, 0.05) is 18.6 Å². The zero-order valence-corrected chi connectivity index (χ0v) is 11.4. The maximum atomic E-state index is 11.3. The van der Waals surface area contributed by atoms with Crippen LogP contribution < -0.4 is 5.73 Å². The zero-order valence-electron chi connectivity index (χ0n) is 10.5. The lowest BCUT2D eigenvalue weighted by Gasteiger charge is -2.24. The van der Waals surface area contributed by atoms with Crippen molar-refractivity contribution in [3.8, 4) is 0 Å². The minimum absolute atomic E-state index is 0.0224. The third kappa shape index (κ3) is 4.22. The number of nitro groups is 1. The predicted molar refractivity (Wildman–Crippen MR) is 74.4 cm³/mol. The van der Waals surface area contributed by atoms with Crippen LogP contribution in [0.3, 0.4) is 0 Å². The molecule has 3 N–H and O–H groups in total. The minimum Gasteiger partial charge on any atom is -0.480 e. The van der Waals surface area contributed by atoms with E-state index in [9.17, 15) is 20.0 Å². The summed E-state index contributed by atoms with van der Waals surface area (Å²) < 4.78 is 0. The molecule has 6 nitrogen and oxygen atoms in total. The number of nitro benzene ring substituents is 1. The molecule has 1 atom stereocenters. The quantitative estimate of drug-likeness (QED) is 0.582. The molecule has 19 heavy (non-hydrogen) atoms. The van der Waals surface area contributed by atoms with Gasteiger partial charge in [0.25, 0.3) is 5.69 Å². The molecule has 104 valence electrons. The minimum atomic E-state index is -1.33. The van der Waals surface area contributed by atoms with Crippen LogP contribution in [0.2, 0.25) is 0 Å². The lowest BCUT2D eigenvalue weighted by molar-refractivity contribution is -0.384. The number of rotatable bonds is 7. The van der Waals surface area contributed by atoms with Crippen molar-refractivity contribution in [3.05, 3.63) is 39.9 Å². The Kier molecular flexibility index (Phi) is 5.31. The van der Waals surface area contributed by atoms with Crippen LogP contribution in [0.25, 0.3) is 0 Å². The summed E-state index contributed by atoms with van der Waals surface area (Å²) in [6.45, 7) is 0. The van der Waals surface area contributed by atoms with Crippen LogP contribution in [0.1, 0.15) is 12.0 Å². The highest BCUT2D eigenvalue weighted by Crippen LogP contribution is 2.20. The van der Waals surface area contributed by atoms with Crippen molar-refractivity contribution in [2.24, 2.45) is 5.73 Å². The smallest absolute Gasteiger partial charge is 0.324 e. The Bertz CT molecular complexity index is 463. The molecule has 0 amide bonds. The predicted octanol–water partition coefficient (Wildman–Crippen LogP) is 1.67. The number of hydrogen-bond donors (Lipinski definition) is 2. The molecule has 0 aliphatic carbocycles. The summed E-state index contributed by atoms with van der Waals surface area (Å²) >= 11 is 1.53. The van der Waals surface area contributed by atoms with Gasteiger partial charge < -0.3 is 10.8 Å². The topological polar surface area (TPSA) is 106 Å². The summed E-state index contributed by atoms with van der Waals surface area (Å²) in [6, 6.07) is 5.79. The number of benzene rings is 1. The number of aliphatic carboxylic acids is 1. The van der Waals surface area contributed by atoms with E-state index in [0.717, 1.165) is 0 Å². The molecule has 0 heterocycles. The van der Waals surface area contributed by atoms with E-state index in [1.807, 2.05) is 6.26 Å². The van der Waals surface area contributed by atoms with Crippen LogP contribution in [-0.2, 0) is 11.2 Å². The van der Waals surface area contributed by atoms with Crippen molar-refractivity contribution in [3.63, 3.8) is 0 Å². The molecular weight excluding hydrogens is 268 g/mol. The van der Waals surface area contributed by atoms with Crippen LogP contribution in [-0.4, -0.2) is 33.5 Å². The molecular formula is C12H16N2O4S. The van der Waals surface area contributed by atoms with Gasteiger partial charge in [0.2, 0.25) is 0 Å². The standard InChI is InChI=1S/C12H16N2O4S/c1-19-7-6-12(13,11(15)16)8-9-2-4-10(5-3-9)14(17)18/h2-5H,6-8,13H2,1H3,(H,15,16). The molecule has 0 spiro atoms. The SMILES string of the molecule is CSCCC(N)(Cc1ccc([N+](=O)[O-])cc1)C(=O)O. The Balaban J connectivity index is 2.84. The summed E-state index contributed by atoms with van der Waals surface area (Å²) in [6.07, 6.45) is 2.38. The van der Waals surface area contributed by atoms with E-state index >= 15 is 0 Å². The highest BCUT2D eigenvalue weighted by atomic mass is 32.2. The van der Waals surface area contributed by atoms with Crippen LogP contribution >= 0.6 is 11.8 Å². The molecule has 0 radical (unpaired) electrons. The second-order valence-electron chi connectivity index (χ2n) is 4.30. The van der Waals surface area contributed by atoms with Gasteiger partial charge in [-0.15, -0.1) is 0 Å². The average molecular weight is 284 g/mol. The van der Waals surface area contributed by atoms with E-state index in [2.05, 4.69) is 0 Å². The summed E-state index contributed by atoms with van der Waals surface area (Å²) in [5, 5.41) is 19.8. The van der Waals surface area contributed by atoms with Crippen LogP contribution in [0.15, 0.2) is 24.3 Å². The number of carboxylic acid groups (broad SMARTS) is 1. The Hall–Kier alpha value is -1.60. The van der Waals surface area contributed by atoms with E-state index in [1.165, 1.54) is 23.9 Å². The van der Waals surface area contributed by atoms with Crippen molar-refractivity contribution < 1.29 is 14.8 Å². The molecule has 0 saturated carbocycles. The monoisotopic (exact) mass is 284 g/mol. The normalized spacial score (nSPS) is 13.8. The van der Waals surface area contributed by atoms with Gasteiger partial charge in [-0.25, -0.2) is 0 Å². The third-order valence-corrected chi connectivity index (χ3v) is 3.46. The zero-order chi connectivity index (χ0) is 14.5. The Labute approximate surface area is 115 Å². The Morgan fingerprint density at radius 2 is 2.05 bits per heavy atom. The highest BCUT2D eigenvalue weighted by molar-refractivity contribution is 7.98. The number of non-ortho nitro benzene ring substituents is 1. The van der Waals surface area contributed by atoms with Gasteiger partial charge in [-0.05, 0) is 24.0 Å². The summed E-state index contributed by atoms with van der Waals surface area (Å²) in [7, 11) is 0. The fourth-order valence-electron chi connectivity index (χ4n) is 1.65. The number of hydrogen-bond acceptors (Lipinski definition) is 5. The molecule has 0 bridgehead atoms. The van der Waals surface area contributed by atoms with Gasteiger partial charge in [-0.3, -0.25) is 14.9 Å². The fourth-order valence-corrected chi connectivity index (χ4v) is 2.22. The number of carbonyl (C=O) groups is 1. The number of carboxylic acids is 1. The molecule has 0 aromatic heterocycles. The number of nitrogens with zero attached hydrogens (tertiary/aromatic N) is 1. The van der Waals surface area contributed by atoms with E-state index in [4.69, 9.17) is 5.73 Å². The van der Waals surface area contributed by atoms with E-state index in [0.29, 0.717) is 17.7 Å². The molecule has 7 heteroatoms. The van der Waals surface area contributed by atoms with E-state index in [1.54, 1.807) is 12.1 Å². The van der Waals surface area contributed by atoms with Crippen LogP contribution in [0, 0.1) is 10.1 Å². The molecule has 0 aliphatic heterocycles. The number of nitrogens with two attached hydrogens (primary N) is 1. The molecule has 0 aliphatic rings. The first kappa shape index (κ1) is 15.5. The summed E-state index contributed by atoms with van der Waals surface area (Å²) in [5.41, 5.74) is 5.23. The maximum absolute atomic E-state index is 11.3. The van der Waals surface area contributed by atoms with Gasteiger partial charge in [-0.2, -0.15) is 11.8 Å². The van der Waals surface area contributed by atoms with Crippen molar-refractivity contribution in [1.29, 1.82) is 0 Å². The van der Waals surface area contributed by atoms with Crippen LogP contribution in [0.5, 0.6) is 0 Å². The van der Waals surface area contributed by atoms with Crippen molar-refractivity contribution in [1.82, 2.24) is 0 Å². The van der Waals surface area contributed by atoms with Crippen LogP contribution in [0.4, 0.5) is 5.69 Å². The van der Waals surface area contributed by atoms with Gasteiger partial charge in [-0.1, -0.05) is 12.1 Å². The number of thioether (sulfide) groups is 1. The Morgan fingerprint density at radius 3 is 2.47 bits per heavy atom. The van der Waals surface area contributed by atoms with Crippen molar-refractivity contribution in [2.75, 3.05) is 12.0 Å². The van der Waals surface area contributed by atoms with E-state index in [-0.39, 0.29) is 12.1 Å². The largest absolute Gasteiger partial charge is 0.480 e. The maximum Gasteiger partial charge on any atom is 0.324 e. The van der Waals surface area contributed by atoms with Crippen molar-refractivity contribution in [2.45, 2.75) is 18.4 Å². The highest BCUT2D eigenvalue weighted by Gasteiger charge is 2.33. The molecule has 0 fully saturated rings. The van der Waals surface area contributed by atoms with Gasteiger partial charge >= 0.3 is 5.97 Å². The van der Waals surface area contributed by atoms with Gasteiger partial charge in [0.1, 0.15) is 5.54 Å². The fraction of sp³-hybridized carbons (Fsp3) is 0.417. The summed E-state index contributed by atoms with van der Waals surface area (Å²) in [4.78, 5) is 21.3.